The maximum Gasteiger partial charge on any atom is 0.328 e. The summed E-state index contributed by atoms with van der Waals surface area (Å²) in [4.78, 5) is 14.0. The second-order valence-corrected chi connectivity index (χ2v) is 4.70. The lowest BCUT2D eigenvalue weighted by atomic mass is 10.2. The number of aromatic nitrogens is 3. The lowest BCUT2D eigenvalue weighted by Crippen LogP contribution is -2.17. The van der Waals surface area contributed by atoms with Crippen LogP contribution in [0.2, 0.25) is 5.02 Å². The van der Waals surface area contributed by atoms with Crippen LogP contribution in [0.4, 0.5) is 11.9 Å². The summed E-state index contributed by atoms with van der Waals surface area (Å²) in [6.45, 7) is 1.89. The zero-order valence-corrected chi connectivity index (χ0v) is 12.1. The second-order valence-electron chi connectivity index (χ2n) is 4.29. The van der Waals surface area contributed by atoms with E-state index in [4.69, 9.17) is 22.2 Å². The highest BCUT2D eigenvalue weighted by molar-refractivity contribution is 6.31. The van der Waals surface area contributed by atoms with Gasteiger partial charge in [-0.05, 0) is 30.7 Å². The molecule has 0 radical (unpaired) electrons. The second kappa shape index (κ2) is 5.89. The van der Waals surface area contributed by atoms with Gasteiger partial charge in [0.2, 0.25) is 11.9 Å². The number of nitrogen functional groups attached to an aromatic ring is 1. The number of hydrogen-bond acceptors (Lipinski definition) is 7. The number of nitrogens with zero attached hydrogens (tertiary/aromatic N) is 4. The molecule has 0 aliphatic carbocycles. The normalized spacial score (nSPS) is 10.2. The van der Waals surface area contributed by atoms with Crippen LogP contribution in [-0.4, -0.2) is 29.0 Å². The third-order valence-electron chi connectivity index (χ3n) is 2.47. The SMILES string of the molecule is Cc1cc(Oc2nc(NN)nc(N(C)C)n2)ccc1Cl. The zero-order chi connectivity index (χ0) is 14.7. The number of anilines is 2. The highest BCUT2D eigenvalue weighted by atomic mass is 35.5. The number of hydrazine groups is 1. The summed E-state index contributed by atoms with van der Waals surface area (Å²) in [6, 6.07) is 5.45. The molecule has 0 atom stereocenters. The predicted octanol–water partition coefficient (Wildman–Crippen LogP) is 1.98. The molecule has 0 saturated heterocycles. The van der Waals surface area contributed by atoms with Crippen molar-refractivity contribution in [3.05, 3.63) is 28.8 Å². The number of ether oxygens (including phenoxy) is 1. The smallest absolute Gasteiger partial charge is 0.328 e. The number of hydrogen-bond donors (Lipinski definition) is 2. The fourth-order valence-electron chi connectivity index (χ4n) is 1.44. The molecule has 0 bridgehead atoms. The Labute approximate surface area is 121 Å². The molecular formula is C12H15ClN6O. The Morgan fingerprint density at radius 2 is 2.00 bits per heavy atom. The number of nitrogens with two attached hydrogens (primary N) is 1. The fraction of sp³-hybridized carbons (Fsp3) is 0.250. The van der Waals surface area contributed by atoms with Crippen LogP contribution in [0.5, 0.6) is 11.8 Å². The van der Waals surface area contributed by atoms with Gasteiger partial charge in [0.1, 0.15) is 5.75 Å². The molecule has 8 heteroatoms. The van der Waals surface area contributed by atoms with Gasteiger partial charge in [-0.1, -0.05) is 11.6 Å². The highest BCUT2D eigenvalue weighted by Crippen LogP contribution is 2.25. The van der Waals surface area contributed by atoms with Crippen LogP contribution in [0.25, 0.3) is 0 Å². The first-order chi connectivity index (χ1) is 9.49. The van der Waals surface area contributed by atoms with Crippen molar-refractivity contribution >= 4 is 23.5 Å². The zero-order valence-electron chi connectivity index (χ0n) is 11.4. The van der Waals surface area contributed by atoms with Crippen molar-refractivity contribution in [3.8, 4) is 11.8 Å². The van der Waals surface area contributed by atoms with Gasteiger partial charge < -0.3 is 9.64 Å². The van der Waals surface area contributed by atoms with Crippen LogP contribution in [0.15, 0.2) is 18.2 Å². The third kappa shape index (κ3) is 3.25. The average Bonchev–Trinajstić information content (AvgIpc) is 2.42. The molecule has 1 aromatic carbocycles. The van der Waals surface area contributed by atoms with Gasteiger partial charge in [-0.15, -0.1) is 0 Å². The molecule has 106 valence electrons. The van der Waals surface area contributed by atoms with Crippen LogP contribution < -0.4 is 20.9 Å². The van der Waals surface area contributed by atoms with E-state index in [9.17, 15) is 0 Å². The first-order valence-corrected chi connectivity index (χ1v) is 6.21. The summed E-state index contributed by atoms with van der Waals surface area (Å²) in [7, 11) is 3.62. The van der Waals surface area contributed by atoms with Crippen LogP contribution in [0, 0.1) is 6.92 Å². The minimum atomic E-state index is 0.151. The van der Waals surface area contributed by atoms with Crippen LogP contribution in [-0.2, 0) is 0 Å². The van der Waals surface area contributed by atoms with Gasteiger partial charge in [0.05, 0.1) is 0 Å². The van der Waals surface area contributed by atoms with Crippen molar-refractivity contribution in [1.82, 2.24) is 15.0 Å². The molecule has 0 aliphatic heterocycles. The Balaban J connectivity index is 2.32. The predicted molar refractivity (Wildman–Crippen MR) is 78.2 cm³/mol. The van der Waals surface area contributed by atoms with Gasteiger partial charge in [-0.25, -0.2) is 5.84 Å². The van der Waals surface area contributed by atoms with Gasteiger partial charge in [0, 0.05) is 19.1 Å². The number of benzene rings is 1. The van der Waals surface area contributed by atoms with E-state index in [1.54, 1.807) is 23.1 Å². The average molecular weight is 295 g/mol. The standard InChI is InChI=1S/C12H15ClN6O/c1-7-6-8(4-5-9(7)13)20-12-16-10(18-14)15-11(17-12)19(2)3/h4-6H,14H2,1-3H3,(H,15,16,17,18). The van der Waals surface area contributed by atoms with E-state index in [2.05, 4.69) is 20.4 Å². The third-order valence-corrected chi connectivity index (χ3v) is 2.89. The number of rotatable bonds is 4. The first-order valence-electron chi connectivity index (χ1n) is 5.83. The maximum atomic E-state index is 5.97. The van der Waals surface area contributed by atoms with Gasteiger partial charge in [-0.2, -0.15) is 15.0 Å². The lowest BCUT2D eigenvalue weighted by molar-refractivity contribution is 0.440. The first kappa shape index (κ1) is 14.3. The molecule has 20 heavy (non-hydrogen) atoms. The van der Waals surface area contributed by atoms with Gasteiger partial charge in [0.15, 0.2) is 0 Å². The minimum absolute atomic E-state index is 0.151. The minimum Gasteiger partial charge on any atom is -0.424 e. The fourth-order valence-corrected chi connectivity index (χ4v) is 1.56. The summed E-state index contributed by atoms with van der Waals surface area (Å²) in [6.07, 6.45) is 0. The van der Waals surface area contributed by atoms with E-state index in [1.165, 1.54) is 0 Å². The monoisotopic (exact) mass is 294 g/mol. The molecule has 2 rings (SSSR count). The van der Waals surface area contributed by atoms with Crippen LogP contribution in [0.3, 0.4) is 0 Å². The molecule has 2 aromatic rings. The van der Waals surface area contributed by atoms with Crippen molar-refractivity contribution < 1.29 is 4.74 Å². The van der Waals surface area contributed by atoms with E-state index in [-0.39, 0.29) is 12.0 Å². The summed E-state index contributed by atoms with van der Waals surface area (Å²) in [5, 5.41) is 0.672. The molecule has 0 saturated carbocycles. The Hall–Kier alpha value is -2.12. The molecule has 3 N–H and O–H groups in total. The molecule has 0 amide bonds. The molecule has 1 aromatic heterocycles. The van der Waals surface area contributed by atoms with E-state index in [0.29, 0.717) is 16.7 Å². The van der Waals surface area contributed by atoms with Crippen LogP contribution >= 0.6 is 11.6 Å². The molecule has 1 heterocycles. The van der Waals surface area contributed by atoms with Gasteiger partial charge >= 0.3 is 6.01 Å². The molecular weight excluding hydrogens is 280 g/mol. The largest absolute Gasteiger partial charge is 0.424 e. The Morgan fingerprint density at radius 3 is 2.60 bits per heavy atom. The summed E-state index contributed by atoms with van der Waals surface area (Å²) < 4.78 is 5.60. The van der Waals surface area contributed by atoms with E-state index < -0.39 is 0 Å². The van der Waals surface area contributed by atoms with Crippen molar-refractivity contribution in [1.29, 1.82) is 0 Å². The van der Waals surface area contributed by atoms with Crippen molar-refractivity contribution in [2.24, 2.45) is 5.84 Å². The lowest BCUT2D eigenvalue weighted by Gasteiger charge is -2.12. The number of aryl methyl sites for hydroxylation is 1. The number of nitrogens with one attached hydrogen (secondary N) is 1. The summed E-state index contributed by atoms with van der Waals surface area (Å²) >= 11 is 5.97. The van der Waals surface area contributed by atoms with E-state index >= 15 is 0 Å². The molecule has 0 fully saturated rings. The Bertz CT molecular complexity index is 619. The maximum absolute atomic E-state index is 5.97. The topological polar surface area (TPSA) is 89.2 Å². The Morgan fingerprint density at radius 1 is 1.25 bits per heavy atom. The van der Waals surface area contributed by atoms with Crippen LogP contribution in [0.1, 0.15) is 5.56 Å². The van der Waals surface area contributed by atoms with Crippen molar-refractivity contribution in [3.63, 3.8) is 0 Å². The van der Waals surface area contributed by atoms with Gasteiger partial charge in [-0.3, -0.25) is 5.43 Å². The molecule has 0 spiro atoms. The van der Waals surface area contributed by atoms with Gasteiger partial charge in [0.25, 0.3) is 0 Å². The molecule has 7 nitrogen and oxygen atoms in total. The summed E-state index contributed by atoms with van der Waals surface area (Å²) in [5.74, 6) is 6.58. The molecule has 0 unspecified atom stereocenters. The molecule has 0 aliphatic rings. The van der Waals surface area contributed by atoms with Crippen molar-refractivity contribution in [2.75, 3.05) is 24.4 Å². The number of halogens is 1. The van der Waals surface area contributed by atoms with E-state index in [1.807, 2.05) is 21.0 Å². The van der Waals surface area contributed by atoms with Crippen molar-refractivity contribution in [2.45, 2.75) is 6.92 Å². The summed E-state index contributed by atoms with van der Waals surface area (Å²) in [5.41, 5.74) is 3.28. The Kier molecular flexibility index (Phi) is 4.21. The van der Waals surface area contributed by atoms with E-state index in [0.717, 1.165) is 5.56 Å². The quantitative estimate of drug-likeness (QED) is 0.658. The highest BCUT2D eigenvalue weighted by Gasteiger charge is 2.10.